The zero-order valence-electron chi connectivity index (χ0n) is 9.72. The Hall–Kier alpha value is -1.20. The molecule has 1 aliphatic rings. The van der Waals surface area contributed by atoms with Gasteiger partial charge < -0.3 is 10.1 Å². The minimum Gasteiger partial charge on any atom is -0.378 e. The normalized spacial score (nSPS) is 23.6. The highest BCUT2D eigenvalue weighted by Gasteiger charge is 2.30. The molecule has 17 heavy (non-hydrogen) atoms. The molecule has 0 bridgehead atoms. The summed E-state index contributed by atoms with van der Waals surface area (Å²) in [7, 11) is 0. The Balaban J connectivity index is 1.68. The van der Waals surface area contributed by atoms with Crippen molar-refractivity contribution in [2.24, 2.45) is 0 Å². The van der Waals surface area contributed by atoms with Crippen LogP contribution in [0.3, 0.4) is 0 Å². The molecule has 1 aliphatic carbocycles. The van der Waals surface area contributed by atoms with E-state index in [9.17, 15) is 0 Å². The minimum absolute atomic E-state index is 0.429. The molecule has 5 heteroatoms. The first-order valence-electron chi connectivity index (χ1n) is 5.93. The van der Waals surface area contributed by atoms with E-state index < -0.39 is 0 Å². The van der Waals surface area contributed by atoms with Gasteiger partial charge in [-0.2, -0.15) is 0 Å². The average Bonchev–Trinajstić information content (AvgIpc) is 2.75. The summed E-state index contributed by atoms with van der Waals surface area (Å²) in [6, 6.07) is 2.52. The Morgan fingerprint density at radius 2 is 2.35 bits per heavy atom. The summed E-state index contributed by atoms with van der Waals surface area (Å²) in [4.78, 5) is 8.55. The molecule has 90 valence electrons. The summed E-state index contributed by atoms with van der Waals surface area (Å²) in [6.07, 6.45) is 4.20. The number of hydrogen-bond acceptors (Lipinski definition) is 5. The Morgan fingerprint density at radius 3 is 3.18 bits per heavy atom. The second-order valence-electron chi connectivity index (χ2n) is 4.25. The fourth-order valence-corrected chi connectivity index (χ4v) is 2.94. The lowest BCUT2D eigenvalue weighted by molar-refractivity contribution is 0.00295. The maximum absolute atomic E-state index is 5.55. The van der Waals surface area contributed by atoms with Gasteiger partial charge in [0, 0.05) is 12.6 Å². The van der Waals surface area contributed by atoms with Gasteiger partial charge in [0.15, 0.2) is 0 Å². The van der Waals surface area contributed by atoms with Crippen molar-refractivity contribution < 1.29 is 4.74 Å². The maximum Gasteiger partial charge on any atom is 0.147 e. The number of anilines is 1. The second-order valence-corrected chi connectivity index (χ2v) is 5.16. The molecule has 0 spiro atoms. The largest absolute Gasteiger partial charge is 0.378 e. The van der Waals surface area contributed by atoms with Crippen molar-refractivity contribution in [3.63, 3.8) is 0 Å². The van der Waals surface area contributed by atoms with Gasteiger partial charge in [-0.1, -0.05) is 0 Å². The van der Waals surface area contributed by atoms with Crippen molar-refractivity contribution >= 4 is 27.4 Å². The Morgan fingerprint density at radius 1 is 1.47 bits per heavy atom. The van der Waals surface area contributed by atoms with Gasteiger partial charge in [0.1, 0.15) is 12.1 Å². The SMILES string of the molecule is CCOC1CC(Nc2ncnc3ccsc23)C1. The minimum atomic E-state index is 0.429. The fourth-order valence-electron chi connectivity index (χ4n) is 2.14. The van der Waals surface area contributed by atoms with Gasteiger partial charge in [0.05, 0.1) is 16.3 Å². The number of nitrogens with zero attached hydrogens (tertiary/aromatic N) is 2. The van der Waals surface area contributed by atoms with Crippen LogP contribution < -0.4 is 5.32 Å². The molecule has 0 unspecified atom stereocenters. The lowest BCUT2D eigenvalue weighted by Gasteiger charge is -2.35. The van der Waals surface area contributed by atoms with E-state index in [0.717, 1.165) is 35.5 Å². The predicted octanol–water partition coefficient (Wildman–Crippen LogP) is 2.67. The van der Waals surface area contributed by atoms with Crippen molar-refractivity contribution in [3.05, 3.63) is 17.8 Å². The maximum atomic E-state index is 5.55. The summed E-state index contributed by atoms with van der Waals surface area (Å²) in [5.41, 5.74) is 1.02. The topological polar surface area (TPSA) is 47.0 Å². The molecule has 0 radical (unpaired) electrons. The van der Waals surface area contributed by atoms with Gasteiger partial charge in [-0.15, -0.1) is 11.3 Å². The van der Waals surface area contributed by atoms with Crippen molar-refractivity contribution in [2.45, 2.75) is 31.9 Å². The van der Waals surface area contributed by atoms with Gasteiger partial charge in [-0.25, -0.2) is 9.97 Å². The summed E-state index contributed by atoms with van der Waals surface area (Å²) in [5, 5.41) is 5.53. The van der Waals surface area contributed by atoms with Crippen LogP contribution >= 0.6 is 11.3 Å². The van der Waals surface area contributed by atoms with E-state index in [-0.39, 0.29) is 0 Å². The van der Waals surface area contributed by atoms with Gasteiger partial charge in [-0.3, -0.25) is 0 Å². The third kappa shape index (κ3) is 2.12. The van der Waals surface area contributed by atoms with Crippen molar-refractivity contribution in [2.75, 3.05) is 11.9 Å². The molecule has 0 saturated heterocycles. The average molecular weight is 249 g/mol. The lowest BCUT2D eigenvalue weighted by atomic mass is 9.89. The van der Waals surface area contributed by atoms with Crippen LogP contribution in [0.1, 0.15) is 19.8 Å². The molecule has 2 aromatic rings. The van der Waals surface area contributed by atoms with E-state index in [1.54, 1.807) is 17.7 Å². The van der Waals surface area contributed by atoms with E-state index >= 15 is 0 Å². The monoisotopic (exact) mass is 249 g/mol. The van der Waals surface area contributed by atoms with Gasteiger partial charge in [0.25, 0.3) is 0 Å². The molecular weight excluding hydrogens is 234 g/mol. The van der Waals surface area contributed by atoms with E-state index in [4.69, 9.17) is 4.74 Å². The molecule has 1 fully saturated rings. The summed E-state index contributed by atoms with van der Waals surface area (Å²) >= 11 is 1.68. The number of nitrogens with one attached hydrogen (secondary N) is 1. The molecule has 0 amide bonds. The predicted molar refractivity (Wildman–Crippen MR) is 69.5 cm³/mol. The van der Waals surface area contributed by atoms with Crippen LogP contribution in [0.5, 0.6) is 0 Å². The van der Waals surface area contributed by atoms with Crippen LogP contribution in [-0.4, -0.2) is 28.7 Å². The molecule has 2 aromatic heterocycles. The molecule has 2 heterocycles. The van der Waals surface area contributed by atoms with Crippen molar-refractivity contribution in [1.82, 2.24) is 9.97 Å². The highest BCUT2D eigenvalue weighted by atomic mass is 32.1. The highest BCUT2D eigenvalue weighted by molar-refractivity contribution is 7.17. The number of rotatable bonds is 4. The Labute approximate surface area is 104 Å². The first-order chi connectivity index (χ1) is 8.36. The third-order valence-electron chi connectivity index (χ3n) is 3.08. The molecule has 3 rings (SSSR count). The van der Waals surface area contributed by atoms with Gasteiger partial charge in [0.2, 0.25) is 0 Å². The van der Waals surface area contributed by atoms with Crippen molar-refractivity contribution in [3.8, 4) is 0 Å². The van der Waals surface area contributed by atoms with Crippen LogP contribution in [0.4, 0.5) is 5.82 Å². The smallest absolute Gasteiger partial charge is 0.147 e. The number of aromatic nitrogens is 2. The molecule has 1 saturated carbocycles. The number of fused-ring (bicyclic) bond motifs is 1. The summed E-state index contributed by atoms with van der Waals surface area (Å²) in [6.45, 7) is 2.85. The van der Waals surface area contributed by atoms with Crippen LogP contribution in [0, 0.1) is 0 Å². The van der Waals surface area contributed by atoms with Gasteiger partial charge >= 0.3 is 0 Å². The standard InChI is InChI=1S/C12H15N3OS/c1-2-16-9-5-8(6-9)15-12-11-10(3-4-17-11)13-7-14-12/h3-4,7-9H,2,5-6H2,1H3,(H,13,14,15). The quantitative estimate of drug-likeness (QED) is 0.905. The van der Waals surface area contributed by atoms with E-state index in [1.165, 1.54) is 0 Å². The van der Waals surface area contributed by atoms with Crippen molar-refractivity contribution in [1.29, 1.82) is 0 Å². The molecule has 4 nitrogen and oxygen atoms in total. The zero-order chi connectivity index (χ0) is 11.7. The lowest BCUT2D eigenvalue weighted by Crippen LogP contribution is -2.41. The number of thiophene rings is 1. The highest BCUT2D eigenvalue weighted by Crippen LogP contribution is 2.30. The van der Waals surface area contributed by atoms with E-state index in [1.807, 2.05) is 18.4 Å². The van der Waals surface area contributed by atoms with E-state index in [0.29, 0.717) is 12.1 Å². The van der Waals surface area contributed by atoms with Gasteiger partial charge in [-0.05, 0) is 31.2 Å². The summed E-state index contributed by atoms with van der Waals surface area (Å²) in [5.74, 6) is 0.963. The molecule has 0 aliphatic heterocycles. The Bertz CT molecular complexity index is 507. The first-order valence-corrected chi connectivity index (χ1v) is 6.81. The van der Waals surface area contributed by atoms with Crippen LogP contribution in [0.2, 0.25) is 0 Å². The fraction of sp³-hybridized carbons (Fsp3) is 0.500. The summed E-state index contributed by atoms with van der Waals surface area (Å²) < 4.78 is 6.69. The van der Waals surface area contributed by atoms with E-state index in [2.05, 4.69) is 15.3 Å². The first kappa shape index (κ1) is 10.9. The number of ether oxygens (including phenoxy) is 1. The zero-order valence-corrected chi connectivity index (χ0v) is 10.5. The van der Waals surface area contributed by atoms with Crippen LogP contribution in [0.15, 0.2) is 17.8 Å². The van der Waals surface area contributed by atoms with Crippen LogP contribution in [-0.2, 0) is 4.74 Å². The molecule has 0 atom stereocenters. The Kier molecular flexibility index (Phi) is 2.94. The molecular formula is C12H15N3OS. The molecule has 0 aromatic carbocycles. The molecule has 1 N–H and O–H groups in total. The third-order valence-corrected chi connectivity index (χ3v) is 3.99. The number of hydrogen-bond donors (Lipinski definition) is 1. The second kappa shape index (κ2) is 4.58. The van der Waals surface area contributed by atoms with Crippen LogP contribution in [0.25, 0.3) is 10.2 Å².